The number of amides is 1. The fraction of sp³-hybridized carbons (Fsp3) is 0.522. The molecule has 8 nitrogen and oxygen atoms in total. The van der Waals surface area contributed by atoms with Crippen molar-refractivity contribution in [2.45, 2.75) is 45.6 Å². The highest BCUT2D eigenvalue weighted by Crippen LogP contribution is 2.23. The molecule has 0 saturated carbocycles. The number of esters is 1. The number of aromatic nitrogens is 2. The molecule has 1 N–H and O–H groups in total. The number of ether oxygens (including phenoxy) is 3. The van der Waals surface area contributed by atoms with E-state index in [0.717, 1.165) is 24.2 Å². The number of nitrogens with zero attached hydrogens (tertiary/aromatic N) is 2. The summed E-state index contributed by atoms with van der Waals surface area (Å²) in [6, 6.07) is 4.85. The highest BCUT2D eigenvalue weighted by atomic mass is 35.5. The highest BCUT2D eigenvalue weighted by molar-refractivity contribution is 6.33. The molecule has 0 saturated heterocycles. The van der Waals surface area contributed by atoms with Gasteiger partial charge < -0.3 is 19.5 Å². The average Bonchev–Trinajstić information content (AvgIpc) is 3.13. The third-order valence-electron chi connectivity index (χ3n) is 5.29. The summed E-state index contributed by atoms with van der Waals surface area (Å²) in [4.78, 5) is 25.2. The van der Waals surface area contributed by atoms with E-state index >= 15 is 0 Å². The van der Waals surface area contributed by atoms with E-state index in [9.17, 15) is 9.59 Å². The Morgan fingerprint density at radius 2 is 2.12 bits per heavy atom. The van der Waals surface area contributed by atoms with Crippen LogP contribution in [-0.2, 0) is 28.9 Å². The summed E-state index contributed by atoms with van der Waals surface area (Å²) in [6.45, 7) is 4.61. The topological polar surface area (TPSA) is 91.7 Å². The molecule has 9 heteroatoms. The summed E-state index contributed by atoms with van der Waals surface area (Å²) < 4.78 is 18.0. The van der Waals surface area contributed by atoms with Crippen molar-refractivity contribution in [2.75, 3.05) is 33.5 Å². The van der Waals surface area contributed by atoms with Gasteiger partial charge in [0.15, 0.2) is 0 Å². The van der Waals surface area contributed by atoms with E-state index in [1.54, 1.807) is 18.2 Å². The maximum atomic E-state index is 12.8. The van der Waals surface area contributed by atoms with Gasteiger partial charge in [-0.3, -0.25) is 9.48 Å². The van der Waals surface area contributed by atoms with Crippen LogP contribution < -0.4 is 10.1 Å². The summed E-state index contributed by atoms with van der Waals surface area (Å²) in [5.74, 6) is -0.0445. The van der Waals surface area contributed by atoms with Crippen LogP contribution in [0.2, 0.25) is 5.02 Å². The molecule has 2 aromatic rings. The molecule has 1 aromatic heterocycles. The standard InChI is InChI=1S/C23H30ClN3O5/c1-3-19-21-20(7-4-12-31-13-5-10-25-22(21)28)27(26-19)11-6-14-32-23(29)17-15-16(30-2)8-9-18(17)24/h8-9,15H,3-7,10-14H2,1-2H3,(H,25,28). The van der Waals surface area contributed by atoms with Crippen molar-refractivity contribution in [3.8, 4) is 5.75 Å². The summed E-state index contributed by atoms with van der Waals surface area (Å²) in [5, 5.41) is 7.97. The zero-order valence-corrected chi connectivity index (χ0v) is 19.4. The molecule has 1 aliphatic heterocycles. The maximum Gasteiger partial charge on any atom is 0.339 e. The molecule has 1 aromatic carbocycles. The lowest BCUT2D eigenvalue weighted by atomic mass is 10.1. The van der Waals surface area contributed by atoms with Crippen molar-refractivity contribution in [2.24, 2.45) is 0 Å². The van der Waals surface area contributed by atoms with Crippen LogP contribution in [0, 0.1) is 0 Å². The van der Waals surface area contributed by atoms with Crippen LogP contribution >= 0.6 is 11.6 Å². The monoisotopic (exact) mass is 463 g/mol. The molecule has 0 fully saturated rings. The van der Waals surface area contributed by atoms with Gasteiger partial charge in [-0.15, -0.1) is 0 Å². The number of rotatable bonds is 7. The van der Waals surface area contributed by atoms with Crippen LogP contribution in [0.1, 0.15) is 58.3 Å². The number of carbonyl (C=O) groups excluding carboxylic acids is 2. The fourth-order valence-corrected chi connectivity index (χ4v) is 3.85. The zero-order valence-electron chi connectivity index (χ0n) is 18.6. The summed E-state index contributed by atoms with van der Waals surface area (Å²) in [6.07, 6.45) is 3.54. The number of carbonyl (C=O) groups is 2. The Labute approximate surface area is 193 Å². The largest absolute Gasteiger partial charge is 0.497 e. The van der Waals surface area contributed by atoms with Crippen LogP contribution in [0.15, 0.2) is 18.2 Å². The molecule has 0 radical (unpaired) electrons. The van der Waals surface area contributed by atoms with Crippen molar-refractivity contribution in [3.63, 3.8) is 0 Å². The predicted molar refractivity (Wildman–Crippen MR) is 121 cm³/mol. The van der Waals surface area contributed by atoms with E-state index in [1.807, 2.05) is 11.6 Å². The predicted octanol–water partition coefficient (Wildman–Crippen LogP) is 3.44. The van der Waals surface area contributed by atoms with Gasteiger partial charge in [-0.25, -0.2) is 4.79 Å². The summed E-state index contributed by atoms with van der Waals surface area (Å²) in [7, 11) is 1.52. The number of halogens is 1. The molecule has 1 amide bonds. The van der Waals surface area contributed by atoms with Crippen molar-refractivity contribution >= 4 is 23.5 Å². The number of benzene rings is 1. The van der Waals surface area contributed by atoms with E-state index in [2.05, 4.69) is 10.4 Å². The van der Waals surface area contributed by atoms with Crippen molar-refractivity contribution in [1.82, 2.24) is 15.1 Å². The van der Waals surface area contributed by atoms with Crippen LogP contribution in [0.5, 0.6) is 5.75 Å². The van der Waals surface area contributed by atoms with Gasteiger partial charge >= 0.3 is 5.97 Å². The lowest BCUT2D eigenvalue weighted by Crippen LogP contribution is -2.26. The minimum atomic E-state index is -0.501. The number of nitrogens with one attached hydrogen (secondary N) is 1. The number of hydrogen-bond acceptors (Lipinski definition) is 6. The van der Waals surface area contributed by atoms with Gasteiger partial charge in [0.2, 0.25) is 0 Å². The summed E-state index contributed by atoms with van der Waals surface area (Å²) in [5.41, 5.74) is 2.64. The molecule has 3 rings (SSSR count). The first-order valence-corrected chi connectivity index (χ1v) is 11.4. The second-order valence-electron chi connectivity index (χ2n) is 7.51. The maximum absolute atomic E-state index is 12.8. The smallest absolute Gasteiger partial charge is 0.339 e. The molecule has 32 heavy (non-hydrogen) atoms. The lowest BCUT2D eigenvalue weighted by molar-refractivity contribution is 0.0494. The van der Waals surface area contributed by atoms with Crippen molar-refractivity contribution < 1.29 is 23.8 Å². The molecule has 0 unspecified atom stereocenters. The number of methoxy groups -OCH3 is 1. The quantitative estimate of drug-likeness (QED) is 0.499. The fourth-order valence-electron chi connectivity index (χ4n) is 3.65. The second kappa shape index (κ2) is 11.9. The molecule has 0 atom stereocenters. The van der Waals surface area contributed by atoms with E-state index in [-0.39, 0.29) is 18.1 Å². The van der Waals surface area contributed by atoms with Gasteiger partial charge in [-0.05, 0) is 43.9 Å². The average molecular weight is 464 g/mol. The second-order valence-corrected chi connectivity index (χ2v) is 7.91. The highest BCUT2D eigenvalue weighted by Gasteiger charge is 2.23. The Balaban J connectivity index is 1.66. The Hall–Kier alpha value is -2.58. The van der Waals surface area contributed by atoms with E-state index in [1.165, 1.54) is 7.11 Å². The SMILES string of the molecule is CCc1nn(CCCOC(=O)c2cc(OC)ccc2Cl)c2c1C(=O)NCCCOCCC2. The molecule has 174 valence electrons. The lowest BCUT2D eigenvalue weighted by Gasteiger charge is -2.11. The molecule has 1 aliphatic rings. The van der Waals surface area contributed by atoms with E-state index < -0.39 is 5.97 Å². The van der Waals surface area contributed by atoms with Gasteiger partial charge in [-0.2, -0.15) is 5.10 Å². The normalized spacial score (nSPS) is 14.8. The minimum Gasteiger partial charge on any atom is -0.497 e. The van der Waals surface area contributed by atoms with E-state index in [0.29, 0.717) is 61.9 Å². The number of hydrogen-bond donors (Lipinski definition) is 1. The van der Waals surface area contributed by atoms with Crippen LogP contribution in [-0.4, -0.2) is 55.1 Å². The van der Waals surface area contributed by atoms with Crippen molar-refractivity contribution in [1.29, 1.82) is 0 Å². The van der Waals surface area contributed by atoms with Crippen LogP contribution in [0.3, 0.4) is 0 Å². The van der Waals surface area contributed by atoms with Crippen LogP contribution in [0.4, 0.5) is 0 Å². The van der Waals surface area contributed by atoms with Crippen molar-refractivity contribution in [3.05, 3.63) is 45.7 Å². The molecular weight excluding hydrogens is 434 g/mol. The Bertz CT molecular complexity index is 944. The van der Waals surface area contributed by atoms with Gasteiger partial charge in [0, 0.05) is 32.7 Å². The summed E-state index contributed by atoms with van der Waals surface area (Å²) >= 11 is 6.12. The molecule has 0 spiro atoms. The first-order chi connectivity index (χ1) is 15.5. The number of aryl methyl sites for hydroxylation is 2. The third-order valence-corrected chi connectivity index (χ3v) is 5.62. The van der Waals surface area contributed by atoms with Gasteiger partial charge in [0.25, 0.3) is 5.91 Å². The Morgan fingerprint density at radius 3 is 2.91 bits per heavy atom. The molecule has 0 bridgehead atoms. The third kappa shape index (κ3) is 6.01. The molecule has 2 heterocycles. The Morgan fingerprint density at radius 1 is 1.31 bits per heavy atom. The number of fused-ring (bicyclic) bond motifs is 1. The van der Waals surface area contributed by atoms with E-state index in [4.69, 9.17) is 25.8 Å². The van der Waals surface area contributed by atoms with Crippen LogP contribution in [0.25, 0.3) is 0 Å². The van der Waals surface area contributed by atoms with Gasteiger partial charge in [0.05, 0.1) is 41.3 Å². The minimum absolute atomic E-state index is 0.0795. The van der Waals surface area contributed by atoms with Gasteiger partial charge in [-0.1, -0.05) is 18.5 Å². The first kappa shape index (κ1) is 24.1. The molecule has 0 aliphatic carbocycles. The Kier molecular flexibility index (Phi) is 8.93. The zero-order chi connectivity index (χ0) is 22.9. The molecular formula is C23H30ClN3O5. The first-order valence-electron chi connectivity index (χ1n) is 11.0. The van der Waals surface area contributed by atoms with Gasteiger partial charge in [0.1, 0.15) is 5.75 Å².